The summed E-state index contributed by atoms with van der Waals surface area (Å²) in [5.74, 6) is -1.03. The molecule has 6 heteroatoms. The minimum atomic E-state index is -0.521. The van der Waals surface area contributed by atoms with Gasteiger partial charge in [0.2, 0.25) is 0 Å². The molecule has 92 valence electrons. The number of benzene rings is 1. The molecule has 0 aliphatic carbocycles. The third-order valence-corrected chi connectivity index (χ3v) is 2.81. The fraction of sp³-hybridized carbons (Fsp3) is 0.0769. The molecule has 0 spiro atoms. The van der Waals surface area contributed by atoms with Crippen molar-refractivity contribution in [1.82, 2.24) is 15.0 Å². The Kier molecular flexibility index (Phi) is 2.58. The van der Waals surface area contributed by atoms with E-state index in [4.69, 9.17) is 4.42 Å². The van der Waals surface area contributed by atoms with Gasteiger partial charge in [0.15, 0.2) is 5.58 Å². The molecule has 2 aromatic heterocycles. The molecule has 1 atom stereocenters. The summed E-state index contributed by atoms with van der Waals surface area (Å²) in [6.07, 6.45) is 2.98. The van der Waals surface area contributed by atoms with Crippen LogP contribution in [0.2, 0.25) is 0 Å². The number of nitriles is 1. The van der Waals surface area contributed by atoms with Gasteiger partial charge >= 0.3 is 5.76 Å². The van der Waals surface area contributed by atoms with Crippen LogP contribution in [-0.4, -0.2) is 15.0 Å². The minimum absolute atomic E-state index is 0.428. The van der Waals surface area contributed by atoms with E-state index < -0.39 is 11.7 Å². The summed E-state index contributed by atoms with van der Waals surface area (Å²) in [5.41, 5.74) is 2.36. The number of hydrogen-bond donors (Lipinski definition) is 1. The fourth-order valence-electron chi connectivity index (χ4n) is 1.92. The van der Waals surface area contributed by atoms with Crippen LogP contribution in [0, 0.1) is 11.3 Å². The van der Waals surface area contributed by atoms with Gasteiger partial charge in [-0.1, -0.05) is 6.07 Å². The van der Waals surface area contributed by atoms with Crippen LogP contribution in [0.25, 0.3) is 11.1 Å². The molecule has 1 unspecified atom stereocenters. The predicted molar refractivity (Wildman–Crippen MR) is 66.3 cm³/mol. The molecule has 1 aromatic carbocycles. The Labute approximate surface area is 107 Å². The lowest BCUT2D eigenvalue weighted by molar-refractivity contribution is 0.555. The van der Waals surface area contributed by atoms with Gasteiger partial charge < -0.3 is 4.42 Å². The largest absolute Gasteiger partial charge is 0.417 e. The quantitative estimate of drug-likeness (QED) is 0.746. The van der Waals surface area contributed by atoms with E-state index in [1.54, 1.807) is 30.5 Å². The van der Waals surface area contributed by atoms with Crippen molar-refractivity contribution >= 4 is 11.1 Å². The van der Waals surface area contributed by atoms with Crippen LogP contribution >= 0.6 is 0 Å². The smallest absolute Gasteiger partial charge is 0.408 e. The Morgan fingerprint density at radius 2 is 2.26 bits per heavy atom. The van der Waals surface area contributed by atoms with E-state index in [9.17, 15) is 10.1 Å². The maximum Gasteiger partial charge on any atom is 0.417 e. The Morgan fingerprint density at radius 1 is 1.37 bits per heavy atom. The number of H-pyrrole nitrogens is 1. The number of hydrogen-bond acceptors (Lipinski definition) is 5. The summed E-state index contributed by atoms with van der Waals surface area (Å²) in [4.78, 5) is 21.6. The van der Waals surface area contributed by atoms with Crippen molar-refractivity contribution in [3.05, 3.63) is 58.6 Å². The molecule has 3 aromatic rings. The zero-order valence-electron chi connectivity index (χ0n) is 9.70. The first kappa shape index (κ1) is 11.2. The van der Waals surface area contributed by atoms with Crippen molar-refractivity contribution in [2.45, 2.75) is 5.92 Å². The summed E-state index contributed by atoms with van der Waals surface area (Å²) >= 11 is 0. The van der Waals surface area contributed by atoms with Gasteiger partial charge in [0, 0.05) is 6.20 Å². The summed E-state index contributed by atoms with van der Waals surface area (Å²) in [6, 6.07) is 9.02. The molecule has 0 saturated carbocycles. The molecular formula is C13H8N4O2. The Bertz CT molecular complexity index is 814. The average molecular weight is 252 g/mol. The number of aromatic amines is 1. The van der Waals surface area contributed by atoms with Gasteiger partial charge in [0.1, 0.15) is 12.2 Å². The molecule has 19 heavy (non-hydrogen) atoms. The lowest BCUT2D eigenvalue weighted by Gasteiger charge is -2.07. The van der Waals surface area contributed by atoms with Crippen LogP contribution in [0.3, 0.4) is 0 Å². The van der Waals surface area contributed by atoms with Crippen LogP contribution in [-0.2, 0) is 0 Å². The first-order valence-electron chi connectivity index (χ1n) is 5.56. The molecule has 0 radical (unpaired) electrons. The van der Waals surface area contributed by atoms with Gasteiger partial charge in [-0.2, -0.15) is 5.26 Å². The number of rotatable bonds is 2. The first-order valence-corrected chi connectivity index (χ1v) is 5.56. The van der Waals surface area contributed by atoms with Crippen LogP contribution < -0.4 is 5.76 Å². The van der Waals surface area contributed by atoms with E-state index in [0.29, 0.717) is 16.8 Å². The molecule has 0 aliphatic heterocycles. The Hall–Kier alpha value is -2.94. The molecule has 1 N–H and O–H groups in total. The second-order valence-corrected chi connectivity index (χ2v) is 3.97. The molecule has 6 nitrogen and oxygen atoms in total. The monoisotopic (exact) mass is 252 g/mol. The van der Waals surface area contributed by atoms with Crippen molar-refractivity contribution in [2.75, 3.05) is 0 Å². The third-order valence-electron chi connectivity index (χ3n) is 2.81. The average Bonchev–Trinajstić information content (AvgIpc) is 2.80. The number of oxazole rings is 1. The van der Waals surface area contributed by atoms with E-state index >= 15 is 0 Å². The number of nitrogens with zero attached hydrogens (tertiary/aromatic N) is 3. The van der Waals surface area contributed by atoms with Crippen molar-refractivity contribution in [1.29, 1.82) is 5.26 Å². The highest BCUT2D eigenvalue weighted by Crippen LogP contribution is 2.24. The molecule has 2 heterocycles. The van der Waals surface area contributed by atoms with Gasteiger partial charge in [-0.05, 0) is 23.8 Å². The van der Waals surface area contributed by atoms with Gasteiger partial charge in [0.05, 0.1) is 17.3 Å². The van der Waals surface area contributed by atoms with E-state index in [0.717, 1.165) is 5.56 Å². The molecule has 0 bridgehead atoms. The number of fused-ring (bicyclic) bond motifs is 1. The van der Waals surface area contributed by atoms with Crippen LogP contribution in [0.15, 0.2) is 46.0 Å². The highest BCUT2D eigenvalue weighted by atomic mass is 16.4. The number of aromatic nitrogens is 3. The lowest BCUT2D eigenvalue weighted by atomic mass is 9.97. The van der Waals surface area contributed by atoms with E-state index in [2.05, 4.69) is 21.0 Å². The van der Waals surface area contributed by atoms with Gasteiger partial charge in [-0.25, -0.2) is 14.8 Å². The molecule has 0 fully saturated rings. The number of nitrogens with one attached hydrogen (secondary N) is 1. The first-order chi connectivity index (χ1) is 9.28. The maximum atomic E-state index is 11.1. The molecular weight excluding hydrogens is 244 g/mol. The van der Waals surface area contributed by atoms with Gasteiger partial charge in [-0.3, -0.25) is 4.98 Å². The molecule has 0 amide bonds. The van der Waals surface area contributed by atoms with Gasteiger partial charge in [-0.15, -0.1) is 0 Å². The zero-order chi connectivity index (χ0) is 13.2. The zero-order valence-corrected chi connectivity index (χ0v) is 9.70. The van der Waals surface area contributed by atoms with E-state index in [1.165, 1.54) is 6.33 Å². The lowest BCUT2D eigenvalue weighted by Crippen LogP contribution is -2.00. The second-order valence-electron chi connectivity index (χ2n) is 3.97. The second kappa shape index (κ2) is 4.38. The summed E-state index contributed by atoms with van der Waals surface area (Å²) in [5, 5.41) is 9.30. The fourth-order valence-corrected chi connectivity index (χ4v) is 1.92. The molecule has 3 rings (SSSR count). The third kappa shape index (κ3) is 1.98. The highest BCUT2D eigenvalue weighted by Gasteiger charge is 2.16. The molecule has 0 aliphatic rings. The van der Waals surface area contributed by atoms with Crippen molar-refractivity contribution < 1.29 is 4.42 Å². The van der Waals surface area contributed by atoms with Crippen molar-refractivity contribution in [2.24, 2.45) is 0 Å². The summed E-state index contributed by atoms with van der Waals surface area (Å²) in [6.45, 7) is 0. The SMILES string of the molecule is N#CC(c1ccc2[nH]c(=O)oc2c1)c1ccncn1. The van der Waals surface area contributed by atoms with Crippen molar-refractivity contribution in [3.8, 4) is 6.07 Å². The standard InChI is InChI=1S/C13H8N4O2/c14-6-9(10-3-4-15-7-16-10)8-1-2-11-12(5-8)19-13(18)17-11/h1-5,7,9H,(H,17,18). The summed E-state index contributed by atoms with van der Waals surface area (Å²) in [7, 11) is 0. The van der Waals surface area contributed by atoms with Crippen LogP contribution in [0.5, 0.6) is 0 Å². The molecule has 0 saturated heterocycles. The maximum absolute atomic E-state index is 11.1. The summed E-state index contributed by atoms with van der Waals surface area (Å²) < 4.78 is 4.99. The predicted octanol–water partition coefficient (Wildman–Crippen LogP) is 1.57. The van der Waals surface area contributed by atoms with E-state index in [1.807, 2.05) is 0 Å². The highest BCUT2D eigenvalue weighted by molar-refractivity contribution is 5.73. The Balaban J connectivity index is 2.12. The van der Waals surface area contributed by atoms with Gasteiger partial charge in [0.25, 0.3) is 0 Å². The topological polar surface area (TPSA) is 95.6 Å². The normalized spacial score (nSPS) is 12.2. The van der Waals surface area contributed by atoms with Crippen LogP contribution in [0.4, 0.5) is 0 Å². The minimum Gasteiger partial charge on any atom is -0.408 e. The van der Waals surface area contributed by atoms with E-state index in [-0.39, 0.29) is 0 Å². The Morgan fingerprint density at radius 3 is 3.00 bits per heavy atom. The van der Waals surface area contributed by atoms with Crippen LogP contribution in [0.1, 0.15) is 17.2 Å². The van der Waals surface area contributed by atoms with Crippen molar-refractivity contribution in [3.63, 3.8) is 0 Å².